The topological polar surface area (TPSA) is 71.1 Å². The molecule has 2 aromatic rings. The third kappa shape index (κ3) is 2.60. The molecule has 2 heterocycles. The van der Waals surface area contributed by atoms with Crippen molar-refractivity contribution >= 4 is 21.4 Å². The fourth-order valence-electron chi connectivity index (χ4n) is 2.24. The average Bonchev–Trinajstić information content (AvgIpc) is 2.48. The highest BCUT2D eigenvalue weighted by molar-refractivity contribution is 7.92. The minimum absolute atomic E-state index is 0.158. The van der Waals surface area contributed by atoms with Crippen LogP contribution in [0.1, 0.15) is 12.0 Å². The van der Waals surface area contributed by atoms with Crippen LogP contribution in [0.4, 0.5) is 11.4 Å². The zero-order valence-corrected chi connectivity index (χ0v) is 11.7. The van der Waals surface area contributed by atoms with Crippen LogP contribution < -0.4 is 10.0 Å². The minimum Gasteiger partial charge on any atom is -0.385 e. The summed E-state index contributed by atoms with van der Waals surface area (Å²) in [4.78, 5) is 3.99. The van der Waals surface area contributed by atoms with Gasteiger partial charge in [-0.3, -0.25) is 9.71 Å². The highest BCUT2D eigenvalue weighted by Crippen LogP contribution is 2.26. The van der Waals surface area contributed by atoms with Crippen molar-refractivity contribution in [1.29, 1.82) is 0 Å². The van der Waals surface area contributed by atoms with Crippen molar-refractivity contribution in [3.8, 4) is 0 Å². The number of nitrogens with one attached hydrogen (secondary N) is 2. The molecule has 1 aromatic heterocycles. The number of anilines is 2. The molecule has 1 aliphatic rings. The third-order valence-corrected chi connectivity index (χ3v) is 4.61. The van der Waals surface area contributed by atoms with E-state index < -0.39 is 10.0 Å². The van der Waals surface area contributed by atoms with Crippen LogP contribution in [0.2, 0.25) is 0 Å². The van der Waals surface area contributed by atoms with Gasteiger partial charge in [0.05, 0.1) is 5.69 Å². The van der Waals surface area contributed by atoms with Crippen molar-refractivity contribution < 1.29 is 8.42 Å². The first kappa shape index (κ1) is 12.9. The number of fused-ring (bicyclic) bond motifs is 1. The lowest BCUT2D eigenvalue weighted by molar-refractivity contribution is 0.601. The summed E-state index contributed by atoms with van der Waals surface area (Å²) < 4.78 is 27.0. The molecule has 20 heavy (non-hydrogen) atoms. The van der Waals surface area contributed by atoms with E-state index in [0.29, 0.717) is 5.69 Å². The van der Waals surface area contributed by atoms with Crippen molar-refractivity contribution in [3.63, 3.8) is 0 Å². The lowest BCUT2D eigenvalue weighted by Gasteiger charge is -2.19. The molecular formula is C14H15N3O2S. The second-order valence-electron chi connectivity index (χ2n) is 4.70. The number of hydrogen-bond donors (Lipinski definition) is 2. The summed E-state index contributed by atoms with van der Waals surface area (Å²) >= 11 is 0. The Morgan fingerprint density at radius 3 is 2.95 bits per heavy atom. The van der Waals surface area contributed by atoms with E-state index in [4.69, 9.17) is 0 Å². The summed E-state index contributed by atoms with van der Waals surface area (Å²) in [6.07, 6.45) is 5.01. The Morgan fingerprint density at radius 2 is 2.15 bits per heavy atom. The Bertz CT molecular complexity index is 714. The van der Waals surface area contributed by atoms with Crippen LogP contribution in [0.15, 0.2) is 47.6 Å². The molecule has 6 heteroatoms. The van der Waals surface area contributed by atoms with Gasteiger partial charge in [-0.05, 0) is 42.7 Å². The predicted octanol–water partition coefficient (Wildman–Crippen LogP) is 2.24. The first-order chi connectivity index (χ1) is 9.65. The van der Waals surface area contributed by atoms with Gasteiger partial charge in [0.2, 0.25) is 0 Å². The third-order valence-electron chi connectivity index (χ3n) is 3.25. The SMILES string of the molecule is O=S(=O)(Nc1ccc2c(c1)NCCC2)c1cccnc1. The Hall–Kier alpha value is -2.08. The minimum atomic E-state index is -3.58. The van der Waals surface area contributed by atoms with Crippen molar-refractivity contribution in [3.05, 3.63) is 48.3 Å². The molecule has 5 nitrogen and oxygen atoms in total. The molecule has 0 spiro atoms. The van der Waals surface area contributed by atoms with E-state index in [1.54, 1.807) is 18.3 Å². The molecule has 0 radical (unpaired) electrons. The van der Waals surface area contributed by atoms with Gasteiger partial charge in [0, 0.05) is 24.6 Å². The van der Waals surface area contributed by atoms with E-state index in [1.165, 1.54) is 17.8 Å². The molecule has 0 atom stereocenters. The van der Waals surface area contributed by atoms with Crippen LogP contribution in [-0.2, 0) is 16.4 Å². The number of rotatable bonds is 3. The molecule has 0 fully saturated rings. The van der Waals surface area contributed by atoms with Crippen LogP contribution in [-0.4, -0.2) is 19.9 Å². The number of pyridine rings is 1. The van der Waals surface area contributed by atoms with Gasteiger partial charge in [0.25, 0.3) is 10.0 Å². The van der Waals surface area contributed by atoms with E-state index in [0.717, 1.165) is 25.1 Å². The zero-order chi connectivity index (χ0) is 14.0. The summed E-state index contributed by atoms with van der Waals surface area (Å²) in [5, 5.41) is 3.28. The maximum atomic E-state index is 12.2. The summed E-state index contributed by atoms with van der Waals surface area (Å²) in [6.45, 7) is 0.922. The van der Waals surface area contributed by atoms with Gasteiger partial charge in [-0.15, -0.1) is 0 Å². The molecule has 0 unspecified atom stereocenters. The van der Waals surface area contributed by atoms with Gasteiger partial charge in [-0.2, -0.15) is 0 Å². The maximum absolute atomic E-state index is 12.2. The van der Waals surface area contributed by atoms with Crippen molar-refractivity contribution in [2.45, 2.75) is 17.7 Å². The Labute approximate surface area is 118 Å². The van der Waals surface area contributed by atoms with E-state index in [2.05, 4.69) is 15.0 Å². The van der Waals surface area contributed by atoms with Crippen LogP contribution in [0.3, 0.4) is 0 Å². The summed E-state index contributed by atoms with van der Waals surface area (Å²) in [7, 11) is -3.58. The Morgan fingerprint density at radius 1 is 1.25 bits per heavy atom. The lowest BCUT2D eigenvalue weighted by Crippen LogP contribution is -2.15. The fourth-order valence-corrected chi connectivity index (χ4v) is 3.26. The molecule has 0 saturated heterocycles. The van der Waals surface area contributed by atoms with Gasteiger partial charge in [0.1, 0.15) is 4.90 Å². The average molecular weight is 289 g/mol. The summed E-state index contributed by atoms with van der Waals surface area (Å²) in [5.41, 5.74) is 2.78. The molecule has 2 N–H and O–H groups in total. The van der Waals surface area contributed by atoms with Gasteiger partial charge in [0.15, 0.2) is 0 Å². The molecule has 104 valence electrons. The molecule has 1 aromatic carbocycles. The van der Waals surface area contributed by atoms with Crippen LogP contribution in [0, 0.1) is 0 Å². The highest BCUT2D eigenvalue weighted by atomic mass is 32.2. The molecule has 0 amide bonds. The smallest absolute Gasteiger partial charge is 0.263 e. The van der Waals surface area contributed by atoms with Crippen LogP contribution in [0.5, 0.6) is 0 Å². The highest BCUT2D eigenvalue weighted by Gasteiger charge is 2.15. The first-order valence-electron chi connectivity index (χ1n) is 6.45. The number of sulfonamides is 1. The summed E-state index contributed by atoms with van der Waals surface area (Å²) in [5.74, 6) is 0. The number of nitrogens with zero attached hydrogens (tertiary/aromatic N) is 1. The molecule has 0 bridgehead atoms. The number of aromatic nitrogens is 1. The molecule has 0 saturated carbocycles. The predicted molar refractivity (Wildman–Crippen MR) is 78.3 cm³/mol. The van der Waals surface area contributed by atoms with Crippen LogP contribution in [0.25, 0.3) is 0 Å². The number of aryl methyl sites for hydroxylation is 1. The van der Waals surface area contributed by atoms with Crippen molar-refractivity contribution in [1.82, 2.24) is 4.98 Å². The van der Waals surface area contributed by atoms with E-state index in [1.807, 2.05) is 12.1 Å². The van der Waals surface area contributed by atoms with E-state index >= 15 is 0 Å². The normalized spacial score (nSPS) is 14.2. The Balaban J connectivity index is 1.88. The second-order valence-corrected chi connectivity index (χ2v) is 6.38. The number of benzene rings is 1. The largest absolute Gasteiger partial charge is 0.385 e. The van der Waals surface area contributed by atoms with Gasteiger partial charge < -0.3 is 5.32 Å². The van der Waals surface area contributed by atoms with E-state index in [9.17, 15) is 8.42 Å². The molecule has 1 aliphatic heterocycles. The van der Waals surface area contributed by atoms with E-state index in [-0.39, 0.29) is 4.90 Å². The first-order valence-corrected chi connectivity index (χ1v) is 7.93. The molecular weight excluding hydrogens is 274 g/mol. The molecule has 0 aliphatic carbocycles. The summed E-state index contributed by atoms with van der Waals surface area (Å²) in [6, 6.07) is 8.71. The van der Waals surface area contributed by atoms with Crippen molar-refractivity contribution in [2.75, 3.05) is 16.6 Å². The van der Waals surface area contributed by atoms with Gasteiger partial charge in [-0.1, -0.05) is 6.07 Å². The standard InChI is InChI=1S/C14H15N3O2S/c18-20(19,13-4-2-7-15-10-13)17-12-6-5-11-3-1-8-16-14(11)9-12/h2,4-7,9-10,16-17H,1,3,8H2. The Kier molecular flexibility index (Phi) is 3.31. The van der Waals surface area contributed by atoms with Crippen LogP contribution >= 0.6 is 0 Å². The number of hydrogen-bond acceptors (Lipinski definition) is 4. The second kappa shape index (κ2) is 5.13. The monoisotopic (exact) mass is 289 g/mol. The van der Waals surface area contributed by atoms with Gasteiger partial charge >= 0.3 is 0 Å². The fraction of sp³-hybridized carbons (Fsp3) is 0.214. The molecule has 3 rings (SSSR count). The van der Waals surface area contributed by atoms with Gasteiger partial charge in [-0.25, -0.2) is 8.42 Å². The zero-order valence-electron chi connectivity index (χ0n) is 10.8. The quantitative estimate of drug-likeness (QED) is 0.909. The lowest BCUT2D eigenvalue weighted by atomic mass is 10.0. The van der Waals surface area contributed by atoms with Crippen molar-refractivity contribution in [2.24, 2.45) is 0 Å². The maximum Gasteiger partial charge on any atom is 0.263 e.